The van der Waals surface area contributed by atoms with Crippen LogP contribution < -0.4 is 0 Å². The molecule has 0 aromatic rings. The van der Waals surface area contributed by atoms with Crippen molar-refractivity contribution in [3.8, 4) is 0 Å². The van der Waals surface area contributed by atoms with Crippen molar-refractivity contribution in [1.29, 1.82) is 0 Å². The van der Waals surface area contributed by atoms with Crippen molar-refractivity contribution < 1.29 is 19.1 Å². The highest BCUT2D eigenvalue weighted by Crippen LogP contribution is 2.37. The van der Waals surface area contributed by atoms with Crippen LogP contribution in [0.1, 0.15) is 71.1 Å². The molecule has 0 aliphatic rings. The molecule has 2 N–H and O–H groups in total. The Bertz CT molecular complexity index is 247. The van der Waals surface area contributed by atoms with Crippen molar-refractivity contribution in [2.75, 3.05) is 0 Å². The smallest absolute Gasteiger partial charge is 0.319 e. The molecule has 0 aromatic carbocycles. The molecule has 102 valence electrons. The number of carbonyl (C=O) groups excluding carboxylic acids is 1. The van der Waals surface area contributed by atoms with Gasteiger partial charge in [0.2, 0.25) is 5.52 Å². The Morgan fingerprint density at radius 3 is 1.71 bits per heavy atom. The minimum absolute atomic E-state index is 0.0140. The predicted molar refractivity (Wildman–Crippen MR) is 68.9 cm³/mol. The average Bonchev–Trinajstić information content (AvgIpc) is 2.25. The second-order valence-corrected chi connectivity index (χ2v) is 6.10. The van der Waals surface area contributed by atoms with Crippen LogP contribution in [0.3, 0.4) is 0 Å². The fraction of sp³-hybridized carbons (Fsp3) is 0.917. The summed E-state index contributed by atoms with van der Waals surface area (Å²) in [6.45, 7) is 2.19. The first-order valence-corrected chi connectivity index (χ1v) is 8.18. The molecule has 4 nitrogen and oxygen atoms in total. The molecular weight excluding hydrogens is 239 g/mol. The monoisotopic (exact) mass is 264 g/mol. The van der Waals surface area contributed by atoms with Gasteiger partial charge in [0.1, 0.15) is 0 Å². The van der Waals surface area contributed by atoms with Gasteiger partial charge in [-0.25, -0.2) is 0 Å². The van der Waals surface area contributed by atoms with Gasteiger partial charge in [0.05, 0.1) is 0 Å². The van der Waals surface area contributed by atoms with Crippen molar-refractivity contribution >= 4 is 13.1 Å². The molecule has 0 saturated heterocycles. The van der Waals surface area contributed by atoms with E-state index in [4.69, 9.17) is 9.79 Å². The lowest BCUT2D eigenvalue weighted by molar-refractivity contribution is -0.113. The summed E-state index contributed by atoms with van der Waals surface area (Å²) < 4.78 is 10.5. The minimum atomic E-state index is -4.47. The number of hydrogen-bond acceptors (Lipinski definition) is 2. The molecule has 0 radical (unpaired) electrons. The van der Waals surface area contributed by atoms with E-state index >= 15 is 0 Å². The number of unbranched alkanes of at least 4 members (excludes halogenated alkanes) is 8. The molecule has 0 fully saturated rings. The Morgan fingerprint density at radius 1 is 0.882 bits per heavy atom. The number of carbonyl (C=O) groups is 1. The summed E-state index contributed by atoms with van der Waals surface area (Å²) >= 11 is 0. The van der Waals surface area contributed by atoms with Crippen molar-refractivity contribution in [2.24, 2.45) is 0 Å². The highest BCUT2D eigenvalue weighted by molar-refractivity contribution is 7.70. The average molecular weight is 264 g/mol. The molecule has 0 atom stereocenters. The van der Waals surface area contributed by atoms with Gasteiger partial charge >= 0.3 is 7.60 Å². The Morgan fingerprint density at radius 2 is 1.29 bits per heavy atom. The lowest BCUT2D eigenvalue weighted by Crippen LogP contribution is -1.98. The lowest BCUT2D eigenvalue weighted by atomic mass is 10.1. The third-order valence-electron chi connectivity index (χ3n) is 2.82. The van der Waals surface area contributed by atoms with Crippen LogP contribution in [0.4, 0.5) is 0 Å². The second-order valence-electron chi connectivity index (χ2n) is 4.52. The van der Waals surface area contributed by atoms with Crippen molar-refractivity contribution in [2.45, 2.75) is 71.1 Å². The molecule has 0 rings (SSSR count). The van der Waals surface area contributed by atoms with Gasteiger partial charge in [-0.15, -0.1) is 0 Å². The number of hydrogen-bond donors (Lipinski definition) is 2. The number of rotatable bonds is 11. The first-order valence-electron chi connectivity index (χ1n) is 6.57. The summed E-state index contributed by atoms with van der Waals surface area (Å²) in [6, 6.07) is 0. The van der Waals surface area contributed by atoms with E-state index in [1.165, 1.54) is 32.1 Å². The van der Waals surface area contributed by atoms with Crippen LogP contribution in [0.2, 0.25) is 0 Å². The van der Waals surface area contributed by atoms with Crippen LogP contribution in [-0.2, 0) is 9.36 Å². The van der Waals surface area contributed by atoms with E-state index in [2.05, 4.69) is 6.92 Å². The largest absolute Gasteiger partial charge is 0.391 e. The van der Waals surface area contributed by atoms with Gasteiger partial charge in [-0.1, -0.05) is 58.3 Å². The zero-order chi connectivity index (χ0) is 13.1. The Hall–Kier alpha value is -0.180. The Kier molecular flexibility index (Phi) is 9.71. The normalized spacial score (nSPS) is 11.7. The molecule has 0 saturated carbocycles. The maximum absolute atomic E-state index is 10.9. The van der Waals surface area contributed by atoms with Crippen molar-refractivity contribution in [1.82, 2.24) is 0 Å². The highest BCUT2D eigenvalue weighted by atomic mass is 31.2. The van der Waals surface area contributed by atoms with E-state index in [1.807, 2.05) is 0 Å². The molecule has 0 bridgehead atoms. The summed E-state index contributed by atoms with van der Waals surface area (Å²) in [5.74, 6) is 0. The molecular formula is C12H25O4P. The standard InChI is InChI=1S/C12H25O4P/c1-2-3-4-5-6-7-8-9-10-11-12(13)17(14,15)16/h2-11H2,1H3,(H2,14,15,16). The molecule has 5 heteroatoms. The fourth-order valence-electron chi connectivity index (χ4n) is 1.73. The van der Waals surface area contributed by atoms with Crippen molar-refractivity contribution in [3.05, 3.63) is 0 Å². The zero-order valence-corrected chi connectivity index (χ0v) is 11.6. The summed E-state index contributed by atoms with van der Waals surface area (Å²) in [5.41, 5.74) is -0.916. The molecule has 0 amide bonds. The summed E-state index contributed by atoms with van der Waals surface area (Å²) in [6.07, 6.45) is 10.1. The van der Waals surface area contributed by atoms with E-state index in [0.717, 1.165) is 19.3 Å². The molecule has 17 heavy (non-hydrogen) atoms. The molecule has 0 aromatic heterocycles. The van der Waals surface area contributed by atoms with E-state index in [0.29, 0.717) is 6.42 Å². The third kappa shape index (κ3) is 10.7. The fourth-order valence-corrected chi connectivity index (χ4v) is 2.18. The maximum Gasteiger partial charge on any atom is 0.391 e. The van der Waals surface area contributed by atoms with Crippen LogP contribution in [0, 0.1) is 0 Å². The Labute approximate surface area is 104 Å². The van der Waals surface area contributed by atoms with Gasteiger partial charge in [0.25, 0.3) is 0 Å². The maximum atomic E-state index is 10.9. The topological polar surface area (TPSA) is 74.6 Å². The minimum Gasteiger partial charge on any atom is -0.319 e. The first kappa shape index (κ1) is 16.8. The Balaban J connectivity index is 3.24. The van der Waals surface area contributed by atoms with Gasteiger partial charge in [-0.05, 0) is 6.42 Å². The summed E-state index contributed by atoms with van der Waals surface area (Å²) in [5, 5.41) is 0. The SMILES string of the molecule is CCCCCCCCCCCC(=O)P(=O)(O)O. The molecule has 0 aliphatic heterocycles. The van der Waals surface area contributed by atoms with Gasteiger partial charge in [0.15, 0.2) is 0 Å². The summed E-state index contributed by atoms with van der Waals surface area (Å²) in [4.78, 5) is 28.1. The quantitative estimate of drug-likeness (QED) is 0.441. The van der Waals surface area contributed by atoms with Gasteiger partial charge in [-0.3, -0.25) is 9.36 Å². The lowest BCUT2D eigenvalue weighted by Gasteiger charge is -2.03. The van der Waals surface area contributed by atoms with Crippen LogP contribution >= 0.6 is 7.60 Å². The van der Waals surface area contributed by atoms with Gasteiger partial charge < -0.3 is 9.79 Å². The van der Waals surface area contributed by atoms with Crippen LogP contribution in [0.25, 0.3) is 0 Å². The van der Waals surface area contributed by atoms with Crippen LogP contribution in [0.15, 0.2) is 0 Å². The van der Waals surface area contributed by atoms with Gasteiger partial charge in [0, 0.05) is 6.42 Å². The molecule has 0 heterocycles. The predicted octanol–water partition coefficient (Wildman–Crippen LogP) is 3.61. The van der Waals surface area contributed by atoms with E-state index in [9.17, 15) is 9.36 Å². The third-order valence-corrected chi connectivity index (χ3v) is 3.69. The second kappa shape index (κ2) is 9.81. The van der Waals surface area contributed by atoms with Crippen LogP contribution in [-0.4, -0.2) is 15.3 Å². The zero-order valence-electron chi connectivity index (χ0n) is 10.7. The molecule has 0 aliphatic carbocycles. The van der Waals surface area contributed by atoms with E-state index in [-0.39, 0.29) is 6.42 Å². The van der Waals surface area contributed by atoms with E-state index < -0.39 is 13.1 Å². The molecule has 0 spiro atoms. The summed E-state index contributed by atoms with van der Waals surface area (Å²) in [7, 11) is -4.47. The first-order chi connectivity index (χ1) is 7.98. The van der Waals surface area contributed by atoms with Crippen LogP contribution in [0.5, 0.6) is 0 Å². The van der Waals surface area contributed by atoms with E-state index in [1.54, 1.807) is 0 Å². The molecule has 0 unspecified atom stereocenters. The highest BCUT2D eigenvalue weighted by Gasteiger charge is 2.24. The van der Waals surface area contributed by atoms with Crippen molar-refractivity contribution in [3.63, 3.8) is 0 Å². The van der Waals surface area contributed by atoms with Gasteiger partial charge in [-0.2, -0.15) is 0 Å².